The molecule has 3 nitrogen and oxygen atoms in total. The van der Waals surface area contributed by atoms with Crippen LogP contribution < -0.4 is 0 Å². The van der Waals surface area contributed by atoms with Gasteiger partial charge in [0.1, 0.15) is 11.6 Å². The molecule has 1 aliphatic carbocycles. The van der Waals surface area contributed by atoms with Crippen LogP contribution in [-0.4, -0.2) is 23.3 Å². The molecule has 3 rings (SSSR count). The Kier molecular flexibility index (Phi) is 5.55. The molecule has 3 heteroatoms. The maximum atomic E-state index is 12.8. The maximum absolute atomic E-state index is 12.8. The Labute approximate surface area is 156 Å². The van der Waals surface area contributed by atoms with E-state index in [1.165, 1.54) is 12.8 Å². The summed E-state index contributed by atoms with van der Waals surface area (Å²) in [6, 6.07) is 19.7. The molecule has 0 N–H and O–H groups in total. The molecule has 26 heavy (non-hydrogen) atoms. The lowest BCUT2D eigenvalue weighted by atomic mass is 10.0. The summed E-state index contributed by atoms with van der Waals surface area (Å²) in [5.41, 5.74) is 2.38. The zero-order valence-corrected chi connectivity index (χ0v) is 15.8. The fourth-order valence-corrected chi connectivity index (χ4v) is 2.90. The first kappa shape index (κ1) is 18.4. The highest BCUT2D eigenvalue weighted by Crippen LogP contribution is 2.35. The number of carbonyl (C=O) groups is 1. The largest absolute Gasteiger partial charge is 0.458 e. The first-order chi connectivity index (χ1) is 12.4. The molecular formula is C23H27NO2. The smallest absolute Gasteiger partial charge is 0.331 e. The van der Waals surface area contributed by atoms with Gasteiger partial charge in [-0.25, -0.2) is 4.79 Å². The van der Waals surface area contributed by atoms with Gasteiger partial charge >= 0.3 is 5.97 Å². The number of ether oxygens (including phenoxy) is 1. The number of nitrogens with zero attached hydrogens (tertiary/aromatic N) is 1. The Balaban J connectivity index is 1.98. The molecule has 136 valence electrons. The molecule has 1 atom stereocenters. The van der Waals surface area contributed by atoms with E-state index < -0.39 is 11.6 Å². The standard InChI is InChI=1S/C23H27NO2/c1-23(2,3)26-22(25)20(16-17-14-15-17)24-21(18-10-6-4-7-11-18)19-12-8-5-9-13-19/h4-13,17,20H,14-16H2,1-3H3. The average Bonchev–Trinajstić information content (AvgIpc) is 3.42. The molecule has 1 saturated carbocycles. The summed E-state index contributed by atoms with van der Waals surface area (Å²) in [6.45, 7) is 5.70. The fraction of sp³-hybridized carbons (Fsp3) is 0.391. The second kappa shape index (κ2) is 7.86. The van der Waals surface area contributed by atoms with Crippen LogP contribution in [0.15, 0.2) is 65.7 Å². The van der Waals surface area contributed by atoms with Crippen molar-refractivity contribution in [1.82, 2.24) is 0 Å². The van der Waals surface area contributed by atoms with Gasteiger partial charge in [0.05, 0.1) is 5.71 Å². The minimum absolute atomic E-state index is 0.228. The van der Waals surface area contributed by atoms with Crippen LogP contribution in [0, 0.1) is 5.92 Å². The highest BCUT2D eigenvalue weighted by molar-refractivity contribution is 6.13. The van der Waals surface area contributed by atoms with Crippen LogP contribution >= 0.6 is 0 Å². The van der Waals surface area contributed by atoms with E-state index in [1.807, 2.05) is 81.4 Å². The second-order valence-corrected chi connectivity index (χ2v) is 7.94. The Hall–Kier alpha value is -2.42. The first-order valence-corrected chi connectivity index (χ1v) is 9.34. The summed E-state index contributed by atoms with van der Waals surface area (Å²) in [6.07, 6.45) is 3.12. The molecule has 0 heterocycles. The molecule has 1 unspecified atom stereocenters. The molecule has 2 aromatic rings. The average molecular weight is 349 g/mol. The van der Waals surface area contributed by atoms with Crippen molar-refractivity contribution in [3.05, 3.63) is 71.8 Å². The maximum Gasteiger partial charge on any atom is 0.331 e. The van der Waals surface area contributed by atoms with E-state index in [1.54, 1.807) is 0 Å². The van der Waals surface area contributed by atoms with E-state index in [4.69, 9.17) is 9.73 Å². The van der Waals surface area contributed by atoms with E-state index in [9.17, 15) is 4.79 Å². The van der Waals surface area contributed by atoms with Crippen molar-refractivity contribution in [1.29, 1.82) is 0 Å². The summed E-state index contributed by atoms with van der Waals surface area (Å²) in [5, 5.41) is 0. The van der Waals surface area contributed by atoms with Crippen LogP contribution in [0.3, 0.4) is 0 Å². The van der Waals surface area contributed by atoms with Crippen LogP contribution in [0.5, 0.6) is 0 Å². The lowest BCUT2D eigenvalue weighted by Gasteiger charge is -2.23. The van der Waals surface area contributed by atoms with E-state index >= 15 is 0 Å². The van der Waals surface area contributed by atoms with Gasteiger partial charge < -0.3 is 4.74 Å². The Morgan fingerprint density at radius 1 is 1.00 bits per heavy atom. The van der Waals surface area contributed by atoms with E-state index in [0.29, 0.717) is 5.92 Å². The van der Waals surface area contributed by atoms with Crippen molar-refractivity contribution in [3.8, 4) is 0 Å². The second-order valence-electron chi connectivity index (χ2n) is 7.94. The van der Waals surface area contributed by atoms with Crippen LogP contribution in [-0.2, 0) is 9.53 Å². The van der Waals surface area contributed by atoms with Gasteiger partial charge in [-0.3, -0.25) is 4.99 Å². The topological polar surface area (TPSA) is 38.7 Å². The number of rotatable bonds is 6. The summed E-state index contributed by atoms with van der Waals surface area (Å²) < 4.78 is 5.66. The lowest BCUT2D eigenvalue weighted by molar-refractivity contribution is -0.156. The normalized spacial score (nSPS) is 15.2. The van der Waals surface area contributed by atoms with Crippen molar-refractivity contribution >= 4 is 11.7 Å². The van der Waals surface area contributed by atoms with E-state index in [-0.39, 0.29) is 5.97 Å². The first-order valence-electron chi connectivity index (χ1n) is 9.34. The lowest BCUT2D eigenvalue weighted by Crippen LogP contribution is -2.32. The van der Waals surface area contributed by atoms with Crippen molar-refractivity contribution < 1.29 is 9.53 Å². The van der Waals surface area contributed by atoms with Crippen molar-refractivity contribution in [2.45, 2.75) is 51.7 Å². The highest BCUT2D eigenvalue weighted by Gasteiger charge is 2.32. The van der Waals surface area contributed by atoms with Crippen molar-refractivity contribution in [3.63, 3.8) is 0 Å². The fourth-order valence-electron chi connectivity index (χ4n) is 2.90. The van der Waals surface area contributed by atoms with Gasteiger partial charge in [-0.05, 0) is 33.1 Å². The summed E-state index contributed by atoms with van der Waals surface area (Å²) in [5.74, 6) is 0.359. The molecule has 0 spiro atoms. The molecule has 0 amide bonds. The number of aliphatic imine (C=N–C) groups is 1. The predicted octanol–water partition coefficient (Wildman–Crippen LogP) is 5.03. The summed E-state index contributed by atoms with van der Waals surface area (Å²) in [4.78, 5) is 17.7. The van der Waals surface area contributed by atoms with Gasteiger partial charge in [-0.15, -0.1) is 0 Å². The van der Waals surface area contributed by atoms with Crippen molar-refractivity contribution in [2.24, 2.45) is 10.9 Å². The van der Waals surface area contributed by atoms with Crippen LogP contribution in [0.1, 0.15) is 51.2 Å². The SMILES string of the molecule is CC(C)(C)OC(=O)C(CC1CC1)N=C(c1ccccc1)c1ccccc1. The Morgan fingerprint density at radius 2 is 1.50 bits per heavy atom. The quantitative estimate of drug-likeness (QED) is 0.542. The minimum atomic E-state index is -0.506. The van der Waals surface area contributed by atoms with Gasteiger partial charge in [0, 0.05) is 11.1 Å². The molecule has 0 saturated heterocycles. The van der Waals surface area contributed by atoms with Gasteiger partial charge in [-0.2, -0.15) is 0 Å². The van der Waals surface area contributed by atoms with Crippen molar-refractivity contribution in [2.75, 3.05) is 0 Å². The molecule has 1 fully saturated rings. The molecule has 2 aromatic carbocycles. The molecule has 0 aromatic heterocycles. The zero-order chi connectivity index (χ0) is 18.6. The molecular weight excluding hydrogens is 322 g/mol. The number of hydrogen-bond donors (Lipinski definition) is 0. The van der Waals surface area contributed by atoms with Gasteiger partial charge in [0.2, 0.25) is 0 Å². The van der Waals surface area contributed by atoms with Gasteiger partial charge in [0.15, 0.2) is 0 Å². The van der Waals surface area contributed by atoms with E-state index in [0.717, 1.165) is 23.3 Å². The number of hydrogen-bond acceptors (Lipinski definition) is 3. The third-order valence-corrected chi connectivity index (χ3v) is 4.31. The number of esters is 1. The molecule has 0 aliphatic heterocycles. The third-order valence-electron chi connectivity index (χ3n) is 4.31. The minimum Gasteiger partial charge on any atom is -0.458 e. The Morgan fingerprint density at radius 3 is 1.92 bits per heavy atom. The molecule has 1 aliphatic rings. The predicted molar refractivity (Wildman–Crippen MR) is 105 cm³/mol. The monoisotopic (exact) mass is 349 g/mol. The number of benzene rings is 2. The number of carbonyl (C=O) groups excluding carboxylic acids is 1. The van der Waals surface area contributed by atoms with Gasteiger partial charge in [-0.1, -0.05) is 73.5 Å². The van der Waals surface area contributed by atoms with Crippen LogP contribution in [0.4, 0.5) is 0 Å². The van der Waals surface area contributed by atoms with Gasteiger partial charge in [0.25, 0.3) is 0 Å². The summed E-state index contributed by atoms with van der Waals surface area (Å²) >= 11 is 0. The van der Waals surface area contributed by atoms with Crippen LogP contribution in [0.2, 0.25) is 0 Å². The van der Waals surface area contributed by atoms with E-state index in [2.05, 4.69) is 0 Å². The molecule has 0 radical (unpaired) electrons. The molecule has 0 bridgehead atoms. The Bertz CT molecular complexity index is 714. The third kappa shape index (κ3) is 5.29. The zero-order valence-electron chi connectivity index (χ0n) is 15.8. The highest BCUT2D eigenvalue weighted by atomic mass is 16.6. The summed E-state index contributed by atoms with van der Waals surface area (Å²) in [7, 11) is 0. The van der Waals surface area contributed by atoms with Crippen LogP contribution in [0.25, 0.3) is 0 Å².